The second-order valence-corrected chi connectivity index (χ2v) is 3.71. The lowest BCUT2D eigenvalue weighted by Crippen LogP contribution is -2.29. The number of rotatable bonds is 6. The number of methoxy groups -OCH3 is 1. The van der Waals surface area contributed by atoms with Crippen LogP contribution in [0.2, 0.25) is 0 Å². The van der Waals surface area contributed by atoms with Gasteiger partial charge in [-0.1, -0.05) is 27.2 Å². The molecule has 3 atom stereocenters. The highest BCUT2D eigenvalue weighted by molar-refractivity contribution is 5.69. The van der Waals surface area contributed by atoms with Crippen LogP contribution >= 0.6 is 0 Å². The van der Waals surface area contributed by atoms with Crippen molar-refractivity contribution in [3.8, 4) is 0 Å². The summed E-state index contributed by atoms with van der Waals surface area (Å²) in [7, 11) is 1.60. The Morgan fingerprint density at radius 1 is 1.43 bits per heavy atom. The predicted octanol–water partition coefficient (Wildman–Crippen LogP) is 1.49. The molecular formula is C10H21NO3. The van der Waals surface area contributed by atoms with E-state index in [4.69, 9.17) is 10.6 Å². The van der Waals surface area contributed by atoms with Crippen molar-refractivity contribution >= 4 is 5.97 Å². The number of ether oxygens (including phenoxy) is 1. The summed E-state index contributed by atoms with van der Waals surface area (Å²) in [5.41, 5.74) is 0. The molecule has 4 nitrogen and oxygen atoms in total. The second kappa shape index (κ2) is 6.79. The molecule has 0 spiro atoms. The summed E-state index contributed by atoms with van der Waals surface area (Å²) in [6, 6.07) is 0. The Balaban J connectivity index is 4.18. The van der Waals surface area contributed by atoms with Gasteiger partial charge >= 0.3 is 5.97 Å². The van der Waals surface area contributed by atoms with Crippen molar-refractivity contribution in [1.29, 1.82) is 0 Å². The van der Waals surface area contributed by atoms with Crippen LogP contribution < -0.4 is 5.90 Å². The molecule has 0 bridgehead atoms. The molecule has 0 fully saturated rings. The first-order valence-corrected chi connectivity index (χ1v) is 4.99. The molecule has 0 saturated carbocycles. The molecule has 0 aliphatic carbocycles. The first kappa shape index (κ1) is 13.4. The quantitative estimate of drug-likeness (QED) is 0.664. The van der Waals surface area contributed by atoms with Crippen molar-refractivity contribution in [3.63, 3.8) is 0 Å². The van der Waals surface area contributed by atoms with Crippen LogP contribution in [-0.2, 0) is 14.4 Å². The summed E-state index contributed by atoms with van der Waals surface area (Å²) in [6.07, 6.45) is 1.18. The number of carbonyl (C=O) groups excluding carboxylic acids is 1. The third-order valence-corrected chi connectivity index (χ3v) is 2.93. The molecule has 0 amide bonds. The molecule has 0 aromatic rings. The Labute approximate surface area is 85.7 Å². The van der Waals surface area contributed by atoms with Crippen LogP contribution in [0.15, 0.2) is 0 Å². The predicted molar refractivity (Wildman–Crippen MR) is 54.3 cm³/mol. The van der Waals surface area contributed by atoms with Gasteiger partial charge in [0.1, 0.15) is 0 Å². The lowest BCUT2D eigenvalue weighted by molar-refractivity contribution is -0.148. The van der Waals surface area contributed by atoms with Gasteiger partial charge < -0.3 is 9.57 Å². The molecule has 0 aliphatic rings. The fourth-order valence-corrected chi connectivity index (χ4v) is 1.43. The molecule has 0 rings (SSSR count). The first-order valence-electron chi connectivity index (χ1n) is 4.99. The zero-order chi connectivity index (χ0) is 11.1. The lowest BCUT2D eigenvalue weighted by Gasteiger charge is -2.26. The molecule has 0 saturated heterocycles. The highest BCUT2D eigenvalue weighted by atomic mass is 16.7. The van der Waals surface area contributed by atoms with E-state index in [1.165, 1.54) is 0 Å². The van der Waals surface area contributed by atoms with Crippen molar-refractivity contribution in [2.24, 2.45) is 17.7 Å². The van der Waals surface area contributed by atoms with E-state index in [0.29, 0.717) is 11.8 Å². The Morgan fingerprint density at radius 3 is 2.36 bits per heavy atom. The first-order chi connectivity index (χ1) is 6.56. The standard InChI is InChI=1S/C10H21NO3/c1-5-7(2)8(3)9(13-4)6-10(12)14-11/h7-9H,5-6,11H2,1-4H3. The Kier molecular flexibility index (Phi) is 6.49. The minimum atomic E-state index is -0.424. The van der Waals surface area contributed by atoms with Gasteiger partial charge in [-0.15, -0.1) is 0 Å². The zero-order valence-electron chi connectivity index (χ0n) is 9.45. The van der Waals surface area contributed by atoms with E-state index in [1.807, 2.05) is 0 Å². The molecule has 4 heteroatoms. The highest BCUT2D eigenvalue weighted by Crippen LogP contribution is 2.22. The molecule has 0 aromatic heterocycles. The van der Waals surface area contributed by atoms with Crippen molar-refractivity contribution in [2.45, 2.75) is 39.7 Å². The van der Waals surface area contributed by atoms with E-state index in [2.05, 4.69) is 25.6 Å². The SMILES string of the molecule is CCC(C)C(C)C(CC(=O)ON)OC. The zero-order valence-corrected chi connectivity index (χ0v) is 9.45. The molecule has 0 heterocycles. The fourth-order valence-electron chi connectivity index (χ4n) is 1.43. The largest absolute Gasteiger partial charge is 0.381 e. The third-order valence-electron chi connectivity index (χ3n) is 2.93. The summed E-state index contributed by atoms with van der Waals surface area (Å²) in [5.74, 6) is 5.20. The molecule has 3 unspecified atom stereocenters. The molecular weight excluding hydrogens is 182 g/mol. The number of nitrogens with two attached hydrogens (primary N) is 1. The minimum absolute atomic E-state index is 0.110. The summed E-state index contributed by atoms with van der Waals surface area (Å²) < 4.78 is 5.25. The average molecular weight is 203 g/mol. The highest BCUT2D eigenvalue weighted by Gasteiger charge is 2.24. The van der Waals surface area contributed by atoms with Gasteiger partial charge in [0, 0.05) is 7.11 Å². The number of hydrogen-bond donors (Lipinski definition) is 1. The Bertz CT molecular complexity index is 173. The smallest absolute Gasteiger partial charge is 0.327 e. The summed E-state index contributed by atoms with van der Waals surface area (Å²) in [6.45, 7) is 6.34. The Hall–Kier alpha value is -0.610. The molecule has 0 aliphatic heterocycles. The van der Waals surface area contributed by atoms with E-state index in [0.717, 1.165) is 6.42 Å². The van der Waals surface area contributed by atoms with Crippen LogP contribution in [0.4, 0.5) is 0 Å². The normalized spacial score (nSPS) is 17.2. The van der Waals surface area contributed by atoms with E-state index < -0.39 is 5.97 Å². The van der Waals surface area contributed by atoms with Gasteiger partial charge in [0.2, 0.25) is 0 Å². The maximum atomic E-state index is 11.0. The van der Waals surface area contributed by atoms with Gasteiger partial charge in [0.25, 0.3) is 0 Å². The van der Waals surface area contributed by atoms with Crippen LogP contribution in [0.5, 0.6) is 0 Å². The summed E-state index contributed by atoms with van der Waals surface area (Å²) >= 11 is 0. The monoisotopic (exact) mass is 203 g/mol. The van der Waals surface area contributed by atoms with Crippen molar-refractivity contribution < 1.29 is 14.4 Å². The van der Waals surface area contributed by atoms with Gasteiger partial charge in [-0.05, 0) is 11.8 Å². The van der Waals surface area contributed by atoms with Gasteiger partial charge in [-0.3, -0.25) is 4.79 Å². The summed E-state index contributed by atoms with van der Waals surface area (Å²) in [5, 5.41) is 0. The van der Waals surface area contributed by atoms with E-state index in [-0.39, 0.29) is 12.5 Å². The van der Waals surface area contributed by atoms with Crippen molar-refractivity contribution in [2.75, 3.05) is 7.11 Å². The van der Waals surface area contributed by atoms with Crippen molar-refractivity contribution in [3.05, 3.63) is 0 Å². The lowest BCUT2D eigenvalue weighted by atomic mass is 9.87. The van der Waals surface area contributed by atoms with Crippen LogP contribution in [0.1, 0.15) is 33.6 Å². The van der Waals surface area contributed by atoms with Crippen molar-refractivity contribution in [1.82, 2.24) is 0 Å². The summed E-state index contributed by atoms with van der Waals surface area (Å²) in [4.78, 5) is 15.1. The van der Waals surface area contributed by atoms with Gasteiger partial charge in [0.05, 0.1) is 12.5 Å². The van der Waals surface area contributed by atoms with Crippen LogP contribution in [-0.4, -0.2) is 19.2 Å². The average Bonchev–Trinajstić information content (AvgIpc) is 2.23. The molecule has 0 radical (unpaired) electrons. The molecule has 2 N–H and O–H groups in total. The molecule has 14 heavy (non-hydrogen) atoms. The van der Waals surface area contributed by atoms with E-state index in [1.54, 1.807) is 7.11 Å². The molecule has 0 aromatic carbocycles. The topological polar surface area (TPSA) is 61.5 Å². The maximum absolute atomic E-state index is 11.0. The Morgan fingerprint density at radius 2 is 2.00 bits per heavy atom. The number of hydrogen-bond acceptors (Lipinski definition) is 4. The van der Waals surface area contributed by atoms with Crippen LogP contribution in [0.25, 0.3) is 0 Å². The van der Waals surface area contributed by atoms with Crippen LogP contribution in [0, 0.1) is 11.8 Å². The second-order valence-electron chi connectivity index (χ2n) is 3.71. The maximum Gasteiger partial charge on any atom is 0.327 e. The third kappa shape index (κ3) is 4.07. The minimum Gasteiger partial charge on any atom is -0.381 e. The molecule has 84 valence electrons. The van der Waals surface area contributed by atoms with Gasteiger partial charge in [0.15, 0.2) is 0 Å². The van der Waals surface area contributed by atoms with E-state index >= 15 is 0 Å². The van der Waals surface area contributed by atoms with Gasteiger partial charge in [-0.2, -0.15) is 5.90 Å². The van der Waals surface area contributed by atoms with Gasteiger partial charge in [-0.25, -0.2) is 0 Å². The van der Waals surface area contributed by atoms with E-state index in [9.17, 15) is 4.79 Å². The number of carbonyl (C=O) groups is 1. The van der Waals surface area contributed by atoms with Crippen LogP contribution in [0.3, 0.4) is 0 Å². The fraction of sp³-hybridized carbons (Fsp3) is 0.900.